The summed E-state index contributed by atoms with van der Waals surface area (Å²) in [5.41, 5.74) is 1.27. The number of cyclic esters (lactones) is 1. The fourth-order valence-electron chi connectivity index (χ4n) is 4.03. The zero-order chi connectivity index (χ0) is 24.4. The highest BCUT2D eigenvalue weighted by Crippen LogP contribution is 2.49. The molecule has 0 saturated heterocycles. The molecule has 2 heterocycles. The number of carbonyl (C=O) groups is 2. The van der Waals surface area contributed by atoms with Gasteiger partial charge in [0.25, 0.3) is 0 Å². The van der Waals surface area contributed by atoms with Crippen molar-refractivity contribution in [2.45, 2.75) is 12.8 Å². The number of rotatable bonds is 8. The monoisotopic (exact) mass is 472 g/mol. The quantitative estimate of drug-likeness (QED) is 0.420. The number of esters is 2. The minimum Gasteiger partial charge on any atom is -0.497 e. The maximum absolute atomic E-state index is 12.9. The van der Waals surface area contributed by atoms with E-state index >= 15 is 0 Å². The molecule has 2 aliphatic heterocycles. The Morgan fingerprint density at radius 2 is 1.50 bits per heavy atom. The van der Waals surface area contributed by atoms with E-state index in [1.54, 1.807) is 24.3 Å². The molecule has 0 fully saturated rings. The van der Waals surface area contributed by atoms with Gasteiger partial charge in [-0.1, -0.05) is 0 Å². The van der Waals surface area contributed by atoms with Crippen molar-refractivity contribution in [2.24, 2.45) is 0 Å². The van der Waals surface area contributed by atoms with Gasteiger partial charge >= 0.3 is 11.9 Å². The number of ether oxygens (including phenoxy) is 8. The molecule has 10 nitrogen and oxygen atoms in total. The van der Waals surface area contributed by atoms with Gasteiger partial charge in [0, 0.05) is 24.5 Å². The first-order valence-electron chi connectivity index (χ1n) is 10.3. The minimum absolute atomic E-state index is 0.0151. The first-order chi connectivity index (χ1) is 16.4. The van der Waals surface area contributed by atoms with Crippen molar-refractivity contribution < 1.29 is 47.5 Å². The molecule has 2 aromatic rings. The summed E-state index contributed by atoms with van der Waals surface area (Å²) in [5.74, 6) is 0.614. The molecule has 4 rings (SSSR count). The molecule has 0 bridgehead atoms. The van der Waals surface area contributed by atoms with Crippen LogP contribution in [0.5, 0.6) is 34.5 Å². The Kier molecular flexibility index (Phi) is 6.40. The molecule has 0 aliphatic carbocycles. The summed E-state index contributed by atoms with van der Waals surface area (Å²) in [6.07, 6.45) is 0. The molecule has 0 aromatic heterocycles. The molecule has 0 N–H and O–H groups in total. The number of methoxy groups -OCH3 is 4. The maximum atomic E-state index is 12.9. The maximum Gasteiger partial charge on any atom is 0.338 e. The van der Waals surface area contributed by atoms with E-state index in [-0.39, 0.29) is 24.7 Å². The Labute approximate surface area is 195 Å². The number of benzene rings is 2. The van der Waals surface area contributed by atoms with E-state index in [2.05, 4.69) is 0 Å². The number of hydrogen-bond donors (Lipinski definition) is 0. The van der Waals surface area contributed by atoms with Crippen LogP contribution in [0.4, 0.5) is 0 Å². The first kappa shape index (κ1) is 23.1. The van der Waals surface area contributed by atoms with E-state index in [4.69, 9.17) is 37.9 Å². The highest BCUT2D eigenvalue weighted by molar-refractivity contribution is 5.94. The van der Waals surface area contributed by atoms with E-state index in [1.807, 2.05) is 0 Å². The van der Waals surface area contributed by atoms with Crippen LogP contribution in [-0.2, 0) is 19.1 Å². The van der Waals surface area contributed by atoms with E-state index in [9.17, 15) is 9.59 Å². The van der Waals surface area contributed by atoms with Crippen LogP contribution in [-0.4, -0.2) is 53.8 Å². The molecule has 180 valence electrons. The van der Waals surface area contributed by atoms with Crippen LogP contribution in [0.15, 0.2) is 35.6 Å². The number of fused-ring (bicyclic) bond motifs is 1. The fourth-order valence-corrected chi connectivity index (χ4v) is 4.03. The van der Waals surface area contributed by atoms with Gasteiger partial charge < -0.3 is 37.9 Å². The summed E-state index contributed by atoms with van der Waals surface area (Å²) in [7, 11) is 5.93. The van der Waals surface area contributed by atoms with Crippen molar-refractivity contribution in [1.29, 1.82) is 0 Å². The average molecular weight is 472 g/mol. The van der Waals surface area contributed by atoms with Crippen LogP contribution < -0.4 is 28.4 Å². The van der Waals surface area contributed by atoms with Crippen molar-refractivity contribution in [3.05, 3.63) is 46.7 Å². The highest BCUT2D eigenvalue weighted by Gasteiger charge is 2.38. The van der Waals surface area contributed by atoms with Crippen molar-refractivity contribution in [1.82, 2.24) is 0 Å². The zero-order valence-electron chi connectivity index (χ0n) is 19.4. The molecule has 34 heavy (non-hydrogen) atoms. The van der Waals surface area contributed by atoms with Gasteiger partial charge in [0.1, 0.15) is 18.1 Å². The standard InChI is InChI=1S/C24H24O10/c1-12(25)34-15-9-17-16(32-11-33-17)8-14(15)21(22-20(29-4)10-31-24(22)26)13-6-18(27-2)23(30-5)19(7-13)28-3/h6-9,21H,10-11H2,1-5H3/t21-/m0/s1. The van der Waals surface area contributed by atoms with Gasteiger partial charge in [-0.3, -0.25) is 4.79 Å². The summed E-state index contributed by atoms with van der Waals surface area (Å²) in [6.45, 7) is 1.27. The van der Waals surface area contributed by atoms with Crippen LogP contribution in [0.25, 0.3) is 0 Å². The summed E-state index contributed by atoms with van der Waals surface area (Å²) in [4.78, 5) is 24.9. The van der Waals surface area contributed by atoms with Crippen molar-refractivity contribution in [2.75, 3.05) is 41.8 Å². The third kappa shape index (κ3) is 4.02. The van der Waals surface area contributed by atoms with E-state index in [0.717, 1.165) is 0 Å². The van der Waals surface area contributed by atoms with Gasteiger partial charge in [-0.15, -0.1) is 0 Å². The Morgan fingerprint density at radius 1 is 0.853 bits per heavy atom. The second kappa shape index (κ2) is 9.42. The molecule has 0 saturated carbocycles. The Bertz CT molecular complexity index is 1140. The largest absolute Gasteiger partial charge is 0.497 e. The third-order valence-electron chi connectivity index (χ3n) is 5.48. The lowest BCUT2D eigenvalue weighted by Gasteiger charge is -2.23. The zero-order valence-corrected chi connectivity index (χ0v) is 19.4. The average Bonchev–Trinajstić information content (AvgIpc) is 3.44. The lowest BCUT2D eigenvalue weighted by Crippen LogP contribution is -2.15. The predicted octanol–water partition coefficient (Wildman–Crippen LogP) is 2.96. The molecule has 0 unspecified atom stereocenters. The molecular formula is C24H24O10. The van der Waals surface area contributed by atoms with Gasteiger partial charge in [0.15, 0.2) is 23.0 Å². The van der Waals surface area contributed by atoms with Crippen LogP contribution in [0, 0.1) is 0 Å². The summed E-state index contributed by atoms with van der Waals surface area (Å²) < 4.78 is 43.8. The number of carbonyl (C=O) groups excluding carboxylic acids is 2. The molecule has 0 radical (unpaired) electrons. The minimum atomic E-state index is -0.803. The van der Waals surface area contributed by atoms with Crippen molar-refractivity contribution >= 4 is 11.9 Å². The Morgan fingerprint density at radius 3 is 2.06 bits per heavy atom. The highest BCUT2D eigenvalue weighted by atomic mass is 16.7. The van der Waals surface area contributed by atoms with Crippen LogP contribution in [0.2, 0.25) is 0 Å². The second-order valence-corrected chi connectivity index (χ2v) is 7.35. The van der Waals surface area contributed by atoms with Gasteiger partial charge in [-0.05, 0) is 23.8 Å². The van der Waals surface area contributed by atoms with Crippen LogP contribution in [0.3, 0.4) is 0 Å². The van der Waals surface area contributed by atoms with Gasteiger partial charge in [-0.25, -0.2) is 4.79 Å². The predicted molar refractivity (Wildman–Crippen MR) is 117 cm³/mol. The lowest BCUT2D eigenvalue weighted by atomic mass is 9.83. The summed E-state index contributed by atoms with van der Waals surface area (Å²) in [6, 6.07) is 6.64. The topological polar surface area (TPSA) is 108 Å². The SMILES string of the molecule is COC1=C([C@@H](c2cc(OC)c(OC)c(OC)c2)c2cc3c(cc2OC(C)=O)OCO3)C(=O)OC1. The number of hydrogen-bond acceptors (Lipinski definition) is 10. The third-order valence-corrected chi connectivity index (χ3v) is 5.48. The fraction of sp³-hybridized carbons (Fsp3) is 0.333. The summed E-state index contributed by atoms with van der Waals surface area (Å²) in [5, 5.41) is 0. The first-order valence-corrected chi connectivity index (χ1v) is 10.3. The van der Waals surface area contributed by atoms with E-state index in [0.29, 0.717) is 45.6 Å². The summed E-state index contributed by atoms with van der Waals surface area (Å²) >= 11 is 0. The second-order valence-electron chi connectivity index (χ2n) is 7.35. The van der Waals surface area contributed by atoms with E-state index in [1.165, 1.54) is 35.4 Å². The van der Waals surface area contributed by atoms with Crippen molar-refractivity contribution in [3.63, 3.8) is 0 Å². The van der Waals surface area contributed by atoms with Crippen LogP contribution >= 0.6 is 0 Å². The smallest absolute Gasteiger partial charge is 0.338 e. The Hall–Kier alpha value is -4.08. The van der Waals surface area contributed by atoms with Gasteiger partial charge in [0.2, 0.25) is 12.5 Å². The lowest BCUT2D eigenvalue weighted by molar-refractivity contribution is -0.136. The molecule has 1 atom stereocenters. The van der Waals surface area contributed by atoms with Crippen LogP contribution in [0.1, 0.15) is 24.0 Å². The van der Waals surface area contributed by atoms with Gasteiger partial charge in [-0.2, -0.15) is 0 Å². The molecule has 0 spiro atoms. The normalized spacial score (nSPS) is 15.0. The molecule has 2 aromatic carbocycles. The molecule has 10 heteroatoms. The Balaban J connectivity index is 2.03. The van der Waals surface area contributed by atoms with Gasteiger partial charge in [0.05, 0.1) is 34.0 Å². The molecule has 0 amide bonds. The molecular weight excluding hydrogens is 448 g/mol. The van der Waals surface area contributed by atoms with Crippen molar-refractivity contribution in [3.8, 4) is 34.5 Å². The molecule has 2 aliphatic rings. The van der Waals surface area contributed by atoms with E-state index < -0.39 is 17.9 Å².